The molecule has 0 radical (unpaired) electrons. The molecule has 20 heavy (non-hydrogen) atoms. The van der Waals surface area contributed by atoms with Crippen LogP contribution in [0.15, 0.2) is 52.5 Å². The molecule has 0 fully saturated rings. The number of nitrogens with one attached hydrogen (secondary N) is 1. The molecule has 2 rings (SSSR count). The molecule has 104 valence electrons. The van der Waals surface area contributed by atoms with Gasteiger partial charge in [0.05, 0.1) is 6.21 Å². The van der Waals surface area contributed by atoms with E-state index in [0.717, 1.165) is 0 Å². The van der Waals surface area contributed by atoms with Crippen LogP contribution >= 0.6 is 11.8 Å². The Kier molecular flexibility index (Phi) is 5.01. The van der Waals surface area contributed by atoms with Crippen LogP contribution in [0.2, 0.25) is 0 Å². The zero-order valence-corrected chi connectivity index (χ0v) is 12.2. The fourth-order valence-electron chi connectivity index (χ4n) is 1.74. The number of nitrogens with zero attached hydrogens (tertiary/aromatic N) is 1. The first-order chi connectivity index (χ1) is 9.70. The Morgan fingerprint density at radius 1 is 1.30 bits per heavy atom. The molecule has 0 aliphatic heterocycles. The summed E-state index contributed by atoms with van der Waals surface area (Å²) in [5.74, 6) is 0. The number of hydrogen-bond donors (Lipinski definition) is 1. The van der Waals surface area contributed by atoms with Gasteiger partial charge in [-0.15, -0.1) is 11.8 Å². The number of oxime groups is 1. The summed E-state index contributed by atoms with van der Waals surface area (Å²) in [6, 6.07) is 14.5. The number of thioether (sulfide) groups is 1. The minimum Gasteiger partial charge on any atom is -0.323 e. The van der Waals surface area contributed by atoms with Crippen LogP contribution in [0.5, 0.6) is 0 Å². The third kappa shape index (κ3) is 3.74. The number of hydrogen-bond acceptors (Lipinski definition) is 4. The van der Waals surface area contributed by atoms with Crippen LogP contribution in [0.4, 0.5) is 4.79 Å². The average Bonchev–Trinajstić information content (AvgIpc) is 2.47. The van der Waals surface area contributed by atoms with E-state index in [2.05, 4.69) is 39.6 Å². The van der Waals surface area contributed by atoms with Gasteiger partial charge in [0, 0.05) is 17.2 Å². The van der Waals surface area contributed by atoms with Crippen molar-refractivity contribution in [2.45, 2.75) is 17.1 Å². The summed E-state index contributed by atoms with van der Waals surface area (Å²) in [5, 5.41) is 8.52. The van der Waals surface area contributed by atoms with Gasteiger partial charge in [0.2, 0.25) is 0 Å². The fourth-order valence-corrected chi connectivity index (χ4v) is 2.72. The normalized spacial score (nSPS) is 12.5. The summed E-state index contributed by atoms with van der Waals surface area (Å²) < 4.78 is 0. The van der Waals surface area contributed by atoms with E-state index in [-0.39, 0.29) is 5.25 Å². The van der Waals surface area contributed by atoms with E-state index in [4.69, 9.17) is 0 Å². The lowest BCUT2D eigenvalue weighted by Gasteiger charge is -2.08. The highest BCUT2D eigenvalue weighted by molar-refractivity contribution is 8.00. The molecule has 2 aromatic carbocycles. The first-order valence-electron chi connectivity index (χ1n) is 6.27. The van der Waals surface area contributed by atoms with Gasteiger partial charge in [0.25, 0.3) is 0 Å². The van der Waals surface area contributed by atoms with Gasteiger partial charge in [-0.05, 0) is 23.8 Å². The molecule has 0 aliphatic carbocycles. The minimum atomic E-state index is -0.566. The summed E-state index contributed by atoms with van der Waals surface area (Å²) in [5.41, 5.74) is 0. The lowest BCUT2D eigenvalue weighted by Crippen LogP contribution is -2.17. The number of carbonyl (C=O) groups is 1. The lowest BCUT2D eigenvalue weighted by molar-refractivity contribution is 0.153. The van der Waals surface area contributed by atoms with E-state index < -0.39 is 6.09 Å². The second-order valence-corrected chi connectivity index (χ2v) is 5.60. The first-order valence-corrected chi connectivity index (χ1v) is 7.15. The maximum atomic E-state index is 10.9. The summed E-state index contributed by atoms with van der Waals surface area (Å²) in [6.07, 6.45) is 1.05. The van der Waals surface area contributed by atoms with Gasteiger partial charge in [0.1, 0.15) is 0 Å². The molecule has 1 amide bonds. The summed E-state index contributed by atoms with van der Waals surface area (Å²) in [7, 11) is 1.49. The Morgan fingerprint density at radius 3 is 2.85 bits per heavy atom. The van der Waals surface area contributed by atoms with E-state index in [0.29, 0.717) is 0 Å². The van der Waals surface area contributed by atoms with Crippen LogP contribution in [0, 0.1) is 0 Å². The zero-order chi connectivity index (χ0) is 14.4. The van der Waals surface area contributed by atoms with E-state index >= 15 is 0 Å². The highest BCUT2D eigenvalue weighted by atomic mass is 32.2. The predicted octanol–water partition coefficient (Wildman–Crippen LogP) is 3.66. The van der Waals surface area contributed by atoms with Gasteiger partial charge in [-0.25, -0.2) is 4.79 Å². The molecule has 0 aromatic heterocycles. The molecular weight excluding hydrogens is 272 g/mol. The number of fused-ring (bicyclic) bond motifs is 1. The van der Waals surface area contributed by atoms with Gasteiger partial charge >= 0.3 is 6.09 Å². The Hall–Kier alpha value is -2.01. The molecule has 1 atom stereocenters. The highest BCUT2D eigenvalue weighted by Gasteiger charge is 2.06. The van der Waals surface area contributed by atoms with Crippen LogP contribution in [-0.4, -0.2) is 24.6 Å². The van der Waals surface area contributed by atoms with Crippen molar-refractivity contribution in [2.75, 3.05) is 7.05 Å². The van der Waals surface area contributed by atoms with E-state index in [9.17, 15) is 4.79 Å². The van der Waals surface area contributed by atoms with E-state index in [1.807, 2.05) is 25.1 Å². The molecule has 5 heteroatoms. The maximum Gasteiger partial charge on any atom is 0.433 e. The molecule has 0 saturated carbocycles. The topological polar surface area (TPSA) is 50.7 Å². The third-order valence-electron chi connectivity index (χ3n) is 2.67. The monoisotopic (exact) mass is 288 g/mol. The van der Waals surface area contributed by atoms with Crippen molar-refractivity contribution in [3.63, 3.8) is 0 Å². The van der Waals surface area contributed by atoms with Gasteiger partial charge in [-0.3, -0.25) is 4.84 Å². The second kappa shape index (κ2) is 6.96. The lowest BCUT2D eigenvalue weighted by atomic mass is 10.1. The van der Waals surface area contributed by atoms with Crippen molar-refractivity contribution >= 4 is 34.8 Å². The summed E-state index contributed by atoms with van der Waals surface area (Å²) in [6.45, 7) is 2.00. The van der Waals surface area contributed by atoms with Gasteiger partial charge in [-0.2, -0.15) is 0 Å². The van der Waals surface area contributed by atoms with Crippen LogP contribution < -0.4 is 5.32 Å². The standard InChI is InChI=1S/C15H16N2O2S/c1-11(10-17-19-15(18)16-2)20-14-9-5-7-12-6-3-4-8-13(12)14/h3-11H,1-2H3,(H,16,18). The molecule has 1 N–H and O–H groups in total. The molecule has 0 bridgehead atoms. The van der Waals surface area contributed by atoms with Crippen LogP contribution in [0.1, 0.15) is 6.92 Å². The summed E-state index contributed by atoms with van der Waals surface area (Å²) >= 11 is 1.67. The zero-order valence-electron chi connectivity index (χ0n) is 11.4. The molecule has 0 aliphatic rings. The van der Waals surface area contributed by atoms with Crippen molar-refractivity contribution in [1.82, 2.24) is 5.32 Å². The first kappa shape index (κ1) is 14.4. The molecule has 1 unspecified atom stereocenters. The number of carbonyl (C=O) groups excluding carboxylic acids is 1. The van der Waals surface area contributed by atoms with Crippen molar-refractivity contribution < 1.29 is 9.63 Å². The smallest absolute Gasteiger partial charge is 0.323 e. The van der Waals surface area contributed by atoms with E-state index in [1.54, 1.807) is 18.0 Å². The molecule has 4 nitrogen and oxygen atoms in total. The second-order valence-electron chi connectivity index (χ2n) is 4.18. The van der Waals surface area contributed by atoms with Crippen molar-refractivity contribution in [1.29, 1.82) is 0 Å². The van der Waals surface area contributed by atoms with Crippen molar-refractivity contribution in [3.8, 4) is 0 Å². The Morgan fingerprint density at radius 2 is 2.05 bits per heavy atom. The fraction of sp³-hybridized carbons (Fsp3) is 0.200. The third-order valence-corrected chi connectivity index (χ3v) is 3.78. The molecule has 0 saturated heterocycles. The quantitative estimate of drug-likeness (QED) is 0.404. The number of benzene rings is 2. The van der Waals surface area contributed by atoms with Crippen molar-refractivity contribution in [2.24, 2.45) is 5.16 Å². The van der Waals surface area contributed by atoms with Crippen LogP contribution in [-0.2, 0) is 4.84 Å². The van der Waals surface area contributed by atoms with Crippen molar-refractivity contribution in [3.05, 3.63) is 42.5 Å². The average molecular weight is 288 g/mol. The molecule has 0 heterocycles. The largest absolute Gasteiger partial charge is 0.433 e. The highest BCUT2D eigenvalue weighted by Crippen LogP contribution is 2.30. The number of rotatable bonds is 4. The maximum absolute atomic E-state index is 10.9. The van der Waals surface area contributed by atoms with Gasteiger partial charge in [-0.1, -0.05) is 41.6 Å². The molecule has 0 spiro atoms. The van der Waals surface area contributed by atoms with Gasteiger partial charge in [0.15, 0.2) is 0 Å². The Bertz CT molecular complexity index is 623. The summed E-state index contributed by atoms with van der Waals surface area (Å²) in [4.78, 5) is 16.6. The minimum absolute atomic E-state index is 0.102. The Balaban J connectivity index is 2.06. The molecule has 2 aromatic rings. The van der Waals surface area contributed by atoms with Crippen LogP contribution in [0.3, 0.4) is 0 Å². The predicted molar refractivity (Wildman–Crippen MR) is 83.3 cm³/mol. The van der Waals surface area contributed by atoms with Crippen LogP contribution in [0.25, 0.3) is 10.8 Å². The van der Waals surface area contributed by atoms with E-state index in [1.165, 1.54) is 22.7 Å². The Labute approximate surface area is 122 Å². The van der Waals surface area contributed by atoms with Gasteiger partial charge < -0.3 is 5.32 Å². The molecular formula is C15H16N2O2S. The number of amides is 1. The SMILES string of the molecule is CNC(=O)ON=CC(C)Sc1cccc2ccccc12.